The van der Waals surface area contributed by atoms with Crippen LogP contribution in [0.1, 0.15) is 20.8 Å². The molecule has 0 aromatic heterocycles. The quantitative estimate of drug-likeness (QED) is 0.720. The van der Waals surface area contributed by atoms with Crippen molar-refractivity contribution in [1.82, 2.24) is 0 Å². The van der Waals surface area contributed by atoms with E-state index in [1.54, 1.807) is 0 Å². The molecule has 0 unspecified atom stereocenters. The lowest BCUT2D eigenvalue weighted by molar-refractivity contribution is 0.176. The van der Waals surface area contributed by atoms with Crippen LogP contribution in [-0.2, 0) is 4.74 Å². The molecular formula is C12H15ClO2. The van der Waals surface area contributed by atoms with Crippen molar-refractivity contribution in [2.45, 2.75) is 33.2 Å². The molecule has 1 aromatic rings. The van der Waals surface area contributed by atoms with Gasteiger partial charge in [0.05, 0.1) is 0 Å². The van der Waals surface area contributed by atoms with Crippen LogP contribution in [0.2, 0.25) is 5.02 Å². The van der Waals surface area contributed by atoms with Gasteiger partial charge < -0.3 is 9.47 Å². The van der Waals surface area contributed by atoms with Crippen LogP contribution in [0.25, 0.3) is 0 Å². The second-order valence-electron chi connectivity index (χ2n) is 4.86. The van der Waals surface area contributed by atoms with E-state index in [-0.39, 0.29) is 17.8 Å². The van der Waals surface area contributed by atoms with Gasteiger partial charge in [-0.3, -0.25) is 0 Å². The predicted molar refractivity (Wildman–Crippen MR) is 60.2 cm³/mol. The van der Waals surface area contributed by atoms with Crippen molar-refractivity contribution in [2.24, 2.45) is 5.41 Å². The van der Waals surface area contributed by atoms with Gasteiger partial charge in [0.15, 0.2) is 0 Å². The molecule has 1 saturated heterocycles. The van der Waals surface area contributed by atoms with E-state index < -0.39 is 0 Å². The van der Waals surface area contributed by atoms with E-state index in [1.807, 2.05) is 24.3 Å². The van der Waals surface area contributed by atoms with Gasteiger partial charge in [-0.2, -0.15) is 0 Å². The summed E-state index contributed by atoms with van der Waals surface area (Å²) in [6, 6.07) is 7.32. The maximum atomic E-state index is 5.78. The fourth-order valence-corrected chi connectivity index (χ4v) is 1.57. The first-order valence-corrected chi connectivity index (χ1v) is 5.42. The van der Waals surface area contributed by atoms with Crippen LogP contribution in [-0.4, -0.2) is 12.4 Å². The molecule has 82 valence electrons. The first-order chi connectivity index (χ1) is 6.97. The lowest BCUT2D eigenvalue weighted by Crippen LogP contribution is -2.18. The number of epoxide rings is 1. The number of ether oxygens (including phenoxy) is 2. The first-order valence-electron chi connectivity index (χ1n) is 5.04. The highest BCUT2D eigenvalue weighted by molar-refractivity contribution is 6.30. The van der Waals surface area contributed by atoms with Crippen LogP contribution in [0.4, 0.5) is 0 Å². The molecule has 1 heterocycles. The van der Waals surface area contributed by atoms with Gasteiger partial charge in [0, 0.05) is 5.02 Å². The van der Waals surface area contributed by atoms with E-state index in [2.05, 4.69) is 20.8 Å². The molecule has 0 spiro atoms. The first kappa shape index (κ1) is 10.8. The molecule has 1 aliphatic heterocycles. The van der Waals surface area contributed by atoms with Crippen molar-refractivity contribution < 1.29 is 9.47 Å². The average Bonchev–Trinajstić information content (AvgIpc) is 2.88. The average molecular weight is 227 g/mol. The summed E-state index contributed by atoms with van der Waals surface area (Å²) < 4.78 is 11.1. The molecule has 0 N–H and O–H groups in total. The topological polar surface area (TPSA) is 21.8 Å². The van der Waals surface area contributed by atoms with Crippen molar-refractivity contribution in [3.05, 3.63) is 29.3 Å². The number of rotatable bonds is 2. The largest absolute Gasteiger partial charge is 0.462 e. The zero-order valence-corrected chi connectivity index (χ0v) is 9.91. The molecule has 15 heavy (non-hydrogen) atoms. The van der Waals surface area contributed by atoms with E-state index in [0.29, 0.717) is 5.02 Å². The summed E-state index contributed by atoms with van der Waals surface area (Å²) >= 11 is 5.78. The third-order valence-electron chi connectivity index (χ3n) is 2.37. The molecule has 1 aliphatic rings. The van der Waals surface area contributed by atoms with Crippen LogP contribution in [0.3, 0.4) is 0 Å². The van der Waals surface area contributed by atoms with Crippen molar-refractivity contribution in [1.29, 1.82) is 0 Å². The molecule has 1 fully saturated rings. The van der Waals surface area contributed by atoms with Gasteiger partial charge in [-0.25, -0.2) is 0 Å². The van der Waals surface area contributed by atoms with Crippen molar-refractivity contribution in [3.63, 3.8) is 0 Å². The summed E-state index contributed by atoms with van der Waals surface area (Å²) in [5.41, 5.74) is 0.136. The zero-order chi connectivity index (χ0) is 11.1. The lowest BCUT2D eigenvalue weighted by atomic mass is 9.92. The highest BCUT2D eigenvalue weighted by atomic mass is 35.5. The molecular weight excluding hydrogens is 212 g/mol. The summed E-state index contributed by atoms with van der Waals surface area (Å²) in [5, 5.41) is 0.714. The maximum Gasteiger partial charge on any atom is 0.227 e. The minimum Gasteiger partial charge on any atom is -0.462 e. The van der Waals surface area contributed by atoms with Crippen LogP contribution in [0.5, 0.6) is 5.75 Å². The minimum atomic E-state index is -0.105. The molecule has 0 amide bonds. The summed E-state index contributed by atoms with van der Waals surface area (Å²) in [7, 11) is 0. The highest BCUT2D eigenvalue weighted by Gasteiger charge is 2.49. The Labute approximate surface area is 95.1 Å². The molecule has 0 bridgehead atoms. The van der Waals surface area contributed by atoms with E-state index in [4.69, 9.17) is 21.1 Å². The van der Waals surface area contributed by atoms with Gasteiger partial charge in [-0.15, -0.1) is 0 Å². The minimum absolute atomic E-state index is 0.105. The van der Waals surface area contributed by atoms with Gasteiger partial charge >= 0.3 is 0 Å². The Morgan fingerprint density at radius 3 is 2.27 bits per heavy atom. The van der Waals surface area contributed by atoms with Crippen LogP contribution in [0, 0.1) is 5.41 Å². The van der Waals surface area contributed by atoms with Crippen LogP contribution >= 0.6 is 11.6 Å². The van der Waals surface area contributed by atoms with E-state index in [1.165, 1.54) is 0 Å². The van der Waals surface area contributed by atoms with E-state index in [0.717, 1.165) is 5.75 Å². The summed E-state index contributed by atoms with van der Waals surface area (Å²) in [4.78, 5) is 0. The standard InChI is InChI=1S/C12H15ClO2/c1-12(2,3)10-11(15-10)14-9-6-4-8(13)5-7-9/h4-7,10-11H,1-3H3/t10-,11-/m0/s1. The van der Waals surface area contributed by atoms with E-state index in [9.17, 15) is 0 Å². The van der Waals surface area contributed by atoms with Gasteiger partial charge in [0.1, 0.15) is 11.9 Å². The monoisotopic (exact) mass is 226 g/mol. The zero-order valence-electron chi connectivity index (χ0n) is 9.16. The Kier molecular flexibility index (Phi) is 2.65. The lowest BCUT2D eigenvalue weighted by Gasteiger charge is -2.13. The molecule has 3 heteroatoms. The molecule has 2 atom stereocenters. The van der Waals surface area contributed by atoms with Gasteiger partial charge in [0.2, 0.25) is 6.29 Å². The maximum absolute atomic E-state index is 5.78. The molecule has 0 saturated carbocycles. The Balaban J connectivity index is 1.93. The normalized spacial score (nSPS) is 25.1. The number of benzene rings is 1. The van der Waals surface area contributed by atoms with Crippen molar-refractivity contribution >= 4 is 11.6 Å². The molecule has 2 nitrogen and oxygen atoms in total. The second kappa shape index (κ2) is 3.69. The van der Waals surface area contributed by atoms with Crippen LogP contribution in [0.15, 0.2) is 24.3 Å². The molecule has 0 aliphatic carbocycles. The Hall–Kier alpha value is -0.730. The SMILES string of the molecule is CC(C)(C)[C@H]1O[C@@H]1Oc1ccc(Cl)cc1. The predicted octanol–water partition coefficient (Wildman–Crippen LogP) is 3.49. The van der Waals surface area contributed by atoms with Crippen molar-refractivity contribution in [3.8, 4) is 5.75 Å². The number of hydrogen-bond donors (Lipinski definition) is 0. The Morgan fingerprint density at radius 2 is 1.80 bits per heavy atom. The Bertz CT molecular complexity index is 340. The third kappa shape index (κ3) is 2.64. The third-order valence-corrected chi connectivity index (χ3v) is 2.62. The summed E-state index contributed by atoms with van der Waals surface area (Å²) in [6.45, 7) is 6.43. The fraction of sp³-hybridized carbons (Fsp3) is 0.500. The number of halogens is 1. The molecule has 0 radical (unpaired) electrons. The van der Waals surface area contributed by atoms with Gasteiger partial charge in [0.25, 0.3) is 0 Å². The van der Waals surface area contributed by atoms with E-state index >= 15 is 0 Å². The molecule has 2 rings (SSSR count). The Morgan fingerprint density at radius 1 is 1.20 bits per heavy atom. The van der Waals surface area contributed by atoms with Crippen molar-refractivity contribution in [2.75, 3.05) is 0 Å². The highest BCUT2D eigenvalue weighted by Crippen LogP contribution is 2.39. The smallest absolute Gasteiger partial charge is 0.227 e. The molecule has 1 aromatic carbocycles. The van der Waals surface area contributed by atoms with Crippen LogP contribution < -0.4 is 4.74 Å². The number of hydrogen-bond acceptors (Lipinski definition) is 2. The van der Waals surface area contributed by atoms with Gasteiger partial charge in [-0.05, 0) is 29.7 Å². The summed E-state index contributed by atoms with van der Waals surface area (Å²) in [6.07, 6.45) is 0.0827. The summed E-state index contributed by atoms with van der Waals surface area (Å²) in [5.74, 6) is 0.802. The second-order valence-corrected chi connectivity index (χ2v) is 5.30. The fourth-order valence-electron chi connectivity index (χ4n) is 1.45. The van der Waals surface area contributed by atoms with Gasteiger partial charge in [-0.1, -0.05) is 32.4 Å².